The molecule has 1 unspecified atom stereocenters. The van der Waals surface area contributed by atoms with Crippen molar-refractivity contribution in [1.82, 2.24) is 9.88 Å². The Hall–Kier alpha value is -0.490. The molecule has 0 saturated heterocycles. The number of aromatic nitrogens is 1. The molecule has 4 nitrogen and oxygen atoms in total. The molecule has 3 N–H and O–H groups in total. The Morgan fingerprint density at radius 1 is 1.71 bits per heavy atom. The molecule has 0 spiro atoms. The second-order valence-electron chi connectivity index (χ2n) is 3.70. The van der Waals surface area contributed by atoms with E-state index in [1.54, 1.807) is 11.3 Å². The monoisotopic (exact) mass is 213 g/mol. The molecule has 1 aromatic heterocycles. The number of thiazole rings is 1. The van der Waals surface area contributed by atoms with Gasteiger partial charge in [-0.15, -0.1) is 11.3 Å². The predicted molar refractivity (Wildman–Crippen MR) is 56.2 cm³/mol. The average molecular weight is 213 g/mol. The van der Waals surface area contributed by atoms with Crippen LogP contribution < -0.4 is 5.73 Å². The molecule has 2 rings (SSSR count). The molecule has 0 aromatic carbocycles. The SMILES string of the molecule is CN1CCc2nc(C(N)CO)sc2C1. The van der Waals surface area contributed by atoms with Gasteiger partial charge in [-0.2, -0.15) is 0 Å². The molecule has 1 atom stereocenters. The quantitative estimate of drug-likeness (QED) is 0.732. The average Bonchev–Trinajstić information content (AvgIpc) is 2.59. The van der Waals surface area contributed by atoms with Crippen molar-refractivity contribution in [2.75, 3.05) is 20.2 Å². The topological polar surface area (TPSA) is 62.4 Å². The van der Waals surface area contributed by atoms with Gasteiger partial charge >= 0.3 is 0 Å². The Bertz CT molecular complexity index is 326. The summed E-state index contributed by atoms with van der Waals surface area (Å²) >= 11 is 1.63. The Labute approximate surface area is 87.4 Å². The van der Waals surface area contributed by atoms with E-state index in [1.165, 1.54) is 10.6 Å². The highest BCUT2D eigenvalue weighted by Gasteiger charge is 2.20. The molecule has 5 heteroatoms. The van der Waals surface area contributed by atoms with Crippen molar-refractivity contribution in [2.45, 2.75) is 19.0 Å². The van der Waals surface area contributed by atoms with Gasteiger partial charge in [-0.25, -0.2) is 4.98 Å². The van der Waals surface area contributed by atoms with Crippen LogP contribution >= 0.6 is 11.3 Å². The molecule has 0 bridgehead atoms. The number of nitrogens with two attached hydrogens (primary N) is 1. The first-order chi connectivity index (χ1) is 6.70. The highest BCUT2D eigenvalue weighted by Crippen LogP contribution is 2.26. The van der Waals surface area contributed by atoms with E-state index < -0.39 is 0 Å². The lowest BCUT2D eigenvalue weighted by Gasteiger charge is -2.20. The lowest BCUT2D eigenvalue weighted by Crippen LogP contribution is -2.25. The largest absolute Gasteiger partial charge is 0.394 e. The minimum Gasteiger partial charge on any atom is -0.394 e. The van der Waals surface area contributed by atoms with Crippen LogP contribution in [-0.2, 0) is 13.0 Å². The van der Waals surface area contributed by atoms with Crippen LogP contribution in [0.5, 0.6) is 0 Å². The number of rotatable bonds is 2. The number of fused-ring (bicyclic) bond motifs is 1. The van der Waals surface area contributed by atoms with Gasteiger partial charge in [0, 0.05) is 24.4 Å². The molecule has 2 heterocycles. The van der Waals surface area contributed by atoms with Crippen LogP contribution in [0.2, 0.25) is 0 Å². The van der Waals surface area contributed by atoms with Crippen molar-refractivity contribution in [1.29, 1.82) is 0 Å². The predicted octanol–water partition coefficient (Wildman–Crippen LogP) is 0.123. The zero-order valence-electron chi connectivity index (χ0n) is 8.23. The van der Waals surface area contributed by atoms with Gasteiger partial charge in [0.05, 0.1) is 18.3 Å². The maximum absolute atomic E-state index is 8.93. The third-order valence-electron chi connectivity index (χ3n) is 2.45. The first kappa shape index (κ1) is 10.0. The van der Waals surface area contributed by atoms with Crippen molar-refractivity contribution in [2.24, 2.45) is 5.73 Å². The van der Waals surface area contributed by atoms with Gasteiger partial charge < -0.3 is 15.7 Å². The summed E-state index contributed by atoms with van der Waals surface area (Å²) in [6, 6.07) is -0.309. The fraction of sp³-hybridized carbons (Fsp3) is 0.667. The second-order valence-corrected chi connectivity index (χ2v) is 4.81. The lowest BCUT2D eigenvalue weighted by atomic mass is 10.2. The first-order valence-electron chi connectivity index (χ1n) is 4.74. The number of hydrogen-bond acceptors (Lipinski definition) is 5. The summed E-state index contributed by atoms with van der Waals surface area (Å²) in [4.78, 5) is 8.04. The van der Waals surface area contributed by atoms with Crippen LogP contribution in [0.25, 0.3) is 0 Å². The van der Waals surface area contributed by atoms with E-state index in [-0.39, 0.29) is 12.6 Å². The van der Waals surface area contributed by atoms with E-state index in [9.17, 15) is 0 Å². The highest BCUT2D eigenvalue weighted by molar-refractivity contribution is 7.11. The fourth-order valence-corrected chi connectivity index (χ4v) is 2.76. The summed E-state index contributed by atoms with van der Waals surface area (Å²) < 4.78 is 0. The van der Waals surface area contributed by atoms with Crippen molar-refractivity contribution in [3.63, 3.8) is 0 Å². The van der Waals surface area contributed by atoms with Crippen LogP contribution in [0.1, 0.15) is 21.6 Å². The summed E-state index contributed by atoms with van der Waals surface area (Å²) in [5, 5.41) is 9.80. The van der Waals surface area contributed by atoms with Gasteiger partial charge in [-0.3, -0.25) is 0 Å². The van der Waals surface area contributed by atoms with Gasteiger partial charge in [0.2, 0.25) is 0 Å². The Morgan fingerprint density at radius 2 is 2.50 bits per heavy atom. The minimum absolute atomic E-state index is 0.0256. The van der Waals surface area contributed by atoms with Gasteiger partial charge in [0.1, 0.15) is 5.01 Å². The van der Waals surface area contributed by atoms with Crippen LogP contribution in [0.15, 0.2) is 0 Å². The van der Waals surface area contributed by atoms with Gasteiger partial charge in [0.25, 0.3) is 0 Å². The summed E-state index contributed by atoms with van der Waals surface area (Å²) in [6.07, 6.45) is 1.00. The molecular formula is C9H15N3OS. The molecule has 78 valence electrons. The van der Waals surface area contributed by atoms with E-state index in [1.807, 2.05) is 0 Å². The third kappa shape index (κ3) is 1.81. The second kappa shape index (κ2) is 3.94. The van der Waals surface area contributed by atoms with E-state index >= 15 is 0 Å². The van der Waals surface area contributed by atoms with E-state index in [2.05, 4.69) is 16.9 Å². The summed E-state index contributed by atoms with van der Waals surface area (Å²) in [5.74, 6) is 0. The fourth-order valence-electron chi connectivity index (χ4n) is 1.58. The molecule has 1 aromatic rings. The Kier molecular flexibility index (Phi) is 2.83. The highest BCUT2D eigenvalue weighted by atomic mass is 32.1. The normalized spacial score (nSPS) is 19.4. The molecule has 0 saturated carbocycles. The van der Waals surface area contributed by atoms with Gasteiger partial charge in [-0.1, -0.05) is 0 Å². The van der Waals surface area contributed by atoms with E-state index in [0.29, 0.717) is 0 Å². The molecule has 0 fully saturated rings. The van der Waals surface area contributed by atoms with E-state index in [0.717, 1.165) is 24.5 Å². The number of aliphatic hydroxyl groups excluding tert-OH is 1. The van der Waals surface area contributed by atoms with Crippen LogP contribution in [0.4, 0.5) is 0 Å². The summed E-state index contributed by atoms with van der Waals surface area (Å²) in [7, 11) is 2.11. The van der Waals surface area contributed by atoms with E-state index in [4.69, 9.17) is 10.8 Å². The number of hydrogen-bond donors (Lipinski definition) is 2. The Morgan fingerprint density at radius 3 is 3.21 bits per heavy atom. The maximum atomic E-state index is 8.93. The third-order valence-corrected chi connectivity index (χ3v) is 3.67. The smallest absolute Gasteiger partial charge is 0.112 e. The van der Waals surface area contributed by atoms with Crippen LogP contribution in [0, 0.1) is 0 Å². The molecule has 0 amide bonds. The molecular weight excluding hydrogens is 198 g/mol. The first-order valence-corrected chi connectivity index (χ1v) is 5.56. The zero-order chi connectivity index (χ0) is 10.1. The Balaban J connectivity index is 2.23. The molecule has 1 aliphatic rings. The maximum Gasteiger partial charge on any atom is 0.112 e. The molecule has 0 radical (unpaired) electrons. The van der Waals surface area contributed by atoms with Gasteiger partial charge in [0.15, 0.2) is 0 Å². The number of nitrogens with zero attached hydrogens (tertiary/aromatic N) is 2. The standard InChI is InChI=1S/C9H15N3OS/c1-12-3-2-7-8(4-12)14-9(11-7)6(10)5-13/h6,13H,2-5,10H2,1H3. The zero-order valence-corrected chi connectivity index (χ0v) is 9.05. The number of likely N-dealkylation sites (N-methyl/N-ethyl adjacent to an activating group) is 1. The molecule has 14 heavy (non-hydrogen) atoms. The number of aliphatic hydroxyl groups is 1. The minimum atomic E-state index is -0.309. The van der Waals surface area contributed by atoms with Crippen molar-refractivity contribution in [3.8, 4) is 0 Å². The van der Waals surface area contributed by atoms with Crippen molar-refractivity contribution in [3.05, 3.63) is 15.6 Å². The van der Waals surface area contributed by atoms with Crippen molar-refractivity contribution >= 4 is 11.3 Å². The van der Waals surface area contributed by atoms with Crippen LogP contribution in [0.3, 0.4) is 0 Å². The van der Waals surface area contributed by atoms with Gasteiger partial charge in [-0.05, 0) is 7.05 Å². The molecule has 1 aliphatic heterocycles. The van der Waals surface area contributed by atoms with Crippen molar-refractivity contribution < 1.29 is 5.11 Å². The molecule has 0 aliphatic carbocycles. The lowest BCUT2D eigenvalue weighted by molar-refractivity contribution is 0.267. The summed E-state index contributed by atoms with van der Waals surface area (Å²) in [6.45, 7) is 2.00. The van der Waals surface area contributed by atoms with Crippen LogP contribution in [-0.4, -0.2) is 35.2 Å². The summed E-state index contributed by atoms with van der Waals surface area (Å²) in [5.41, 5.74) is 6.90.